The third-order valence-corrected chi connectivity index (χ3v) is 5.33. The van der Waals surface area contributed by atoms with Crippen molar-refractivity contribution in [2.45, 2.75) is 46.1 Å². The van der Waals surface area contributed by atoms with E-state index in [1.807, 2.05) is 32.0 Å². The number of aliphatic hydroxyl groups is 1. The van der Waals surface area contributed by atoms with Crippen molar-refractivity contribution in [1.82, 2.24) is 4.98 Å². The molecule has 1 aromatic carbocycles. The smallest absolute Gasteiger partial charge is 0.193 e. The van der Waals surface area contributed by atoms with Crippen LogP contribution < -0.4 is 10.3 Å². The summed E-state index contributed by atoms with van der Waals surface area (Å²) in [5.41, 5.74) is 4.38. The van der Waals surface area contributed by atoms with Gasteiger partial charge >= 0.3 is 0 Å². The van der Waals surface area contributed by atoms with Gasteiger partial charge in [0.05, 0.1) is 30.7 Å². The Kier molecular flexibility index (Phi) is 7.23. The molecule has 0 amide bonds. The molecule has 1 aromatic heterocycles. The van der Waals surface area contributed by atoms with Gasteiger partial charge in [-0.2, -0.15) is 5.10 Å². The molecule has 0 radical (unpaired) electrons. The first kappa shape index (κ1) is 23.1. The van der Waals surface area contributed by atoms with E-state index < -0.39 is 17.2 Å². The van der Waals surface area contributed by atoms with Gasteiger partial charge in [-0.1, -0.05) is 18.2 Å². The molecule has 0 unspecified atom stereocenters. The first-order valence-corrected chi connectivity index (χ1v) is 10.4. The summed E-state index contributed by atoms with van der Waals surface area (Å²) in [6, 6.07) is 5.81. The van der Waals surface area contributed by atoms with Gasteiger partial charge < -0.3 is 14.7 Å². The van der Waals surface area contributed by atoms with Crippen molar-refractivity contribution in [3.05, 3.63) is 52.2 Å². The summed E-state index contributed by atoms with van der Waals surface area (Å²) in [6.45, 7) is 9.12. The molecule has 1 fully saturated rings. The zero-order chi connectivity index (χ0) is 22.6. The van der Waals surface area contributed by atoms with E-state index in [9.17, 15) is 5.11 Å². The Morgan fingerprint density at radius 2 is 1.90 bits per heavy atom. The molecule has 8 heteroatoms. The van der Waals surface area contributed by atoms with Crippen LogP contribution in [0.1, 0.15) is 42.7 Å². The molecule has 6 nitrogen and oxygen atoms in total. The molecule has 168 valence electrons. The third kappa shape index (κ3) is 5.98. The number of benzene rings is 1. The highest BCUT2D eigenvalue weighted by molar-refractivity contribution is 5.80. The van der Waals surface area contributed by atoms with Gasteiger partial charge in [0.15, 0.2) is 17.5 Å². The normalized spacial score (nSPS) is 15.0. The molecule has 2 N–H and O–H groups in total. The number of hydrogen-bond donors (Lipinski definition) is 2. The minimum absolute atomic E-state index is 0.0688. The molecular weight excluding hydrogens is 402 g/mol. The van der Waals surface area contributed by atoms with Crippen LogP contribution in [-0.2, 0) is 11.2 Å². The maximum Gasteiger partial charge on any atom is 0.193 e. The van der Waals surface area contributed by atoms with E-state index in [0.717, 1.165) is 16.7 Å². The second-order valence-electron chi connectivity index (χ2n) is 8.51. The van der Waals surface area contributed by atoms with Gasteiger partial charge in [-0.05, 0) is 57.2 Å². The van der Waals surface area contributed by atoms with E-state index in [1.165, 1.54) is 6.21 Å². The van der Waals surface area contributed by atoms with E-state index in [1.54, 1.807) is 18.7 Å². The lowest BCUT2D eigenvalue weighted by atomic mass is 10.0. The SMILES string of the molecule is Cc1ccc(/C=N/Nc2c(F)c(CCC(C)(C)O)nc(N3CCOCC3)c2F)cc1C. The van der Waals surface area contributed by atoms with Crippen LogP contribution in [0.25, 0.3) is 0 Å². The monoisotopic (exact) mass is 432 g/mol. The van der Waals surface area contributed by atoms with Crippen LogP contribution in [0.2, 0.25) is 0 Å². The van der Waals surface area contributed by atoms with E-state index in [4.69, 9.17) is 4.74 Å². The first-order chi connectivity index (χ1) is 14.7. The number of pyridine rings is 1. The predicted octanol–water partition coefficient (Wildman–Crippen LogP) is 3.96. The van der Waals surface area contributed by atoms with Crippen LogP contribution in [0.15, 0.2) is 23.3 Å². The second kappa shape index (κ2) is 9.70. The molecule has 3 rings (SSSR count). The van der Waals surface area contributed by atoms with Crippen molar-refractivity contribution in [2.75, 3.05) is 36.6 Å². The van der Waals surface area contributed by atoms with Crippen LogP contribution in [-0.4, -0.2) is 48.2 Å². The van der Waals surface area contributed by atoms with Gasteiger partial charge in [-0.25, -0.2) is 13.8 Å². The van der Waals surface area contributed by atoms with Crippen molar-refractivity contribution in [1.29, 1.82) is 0 Å². The van der Waals surface area contributed by atoms with Crippen molar-refractivity contribution in [2.24, 2.45) is 5.10 Å². The predicted molar refractivity (Wildman–Crippen MR) is 119 cm³/mol. The van der Waals surface area contributed by atoms with Crippen LogP contribution in [0.3, 0.4) is 0 Å². The number of anilines is 2. The summed E-state index contributed by atoms with van der Waals surface area (Å²) in [5, 5.41) is 14.1. The minimum atomic E-state index is -0.989. The zero-order valence-electron chi connectivity index (χ0n) is 18.5. The summed E-state index contributed by atoms with van der Waals surface area (Å²) >= 11 is 0. The zero-order valence-corrected chi connectivity index (χ0v) is 18.5. The lowest BCUT2D eigenvalue weighted by Gasteiger charge is -2.29. The van der Waals surface area contributed by atoms with E-state index in [-0.39, 0.29) is 30.0 Å². The van der Waals surface area contributed by atoms with Crippen molar-refractivity contribution < 1.29 is 18.6 Å². The number of hydrazone groups is 1. The number of aryl methyl sites for hydroxylation is 3. The molecule has 0 bridgehead atoms. The van der Waals surface area contributed by atoms with Gasteiger partial charge in [-0.3, -0.25) is 5.43 Å². The fourth-order valence-corrected chi connectivity index (χ4v) is 3.27. The van der Waals surface area contributed by atoms with Gasteiger partial charge in [0.1, 0.15) is 5.69 Å². The summed E-state index contributed by atoms with van der Waals surface area (Å²) < 4.78 is 35.7. The largest absolute Gasteiger partial charge is 0.390 e. The Hall–Kier alpha value is -2.58. The molecule has 0 spiro atoms. The molecule has 0 saturated carbocycles. The molecule has 1 saturated heterocycles. The number of hydrogen-bond acceptors (Lipinski definition) is 6. The highest BCUT2D eigenvalue weighted by Gasteiger charge is 2.26. The molecule has 2 aromatic rings. The molecule has 31 heavy (non-hydrogen) atoms. The molecule has 1 aliphatic heterocycles. The average molecular weight is 433 g/mol. The van der Waals surface area contributed by atoms with Gasteiger partial charge in [-0.15, -0.1) is 0 Å². The van der Waals surface area contributed by atoms with Crippen LogP contribution >= 0.6 is 0 Å². The van der Waals surface area contributed by atoms with E-state index >= 15 is 8.78 Å². The van der Waals surface area contributed by atoms with Crippen LogP contribution in [0.5, 0.6) is 0 Å². The molecular formula is C23H30F2N4O2. The lowest BCUT2D eigenvalue weighted by molar-refractivity contribution is 0.0709. The van der Waals surface area contributed by atoms with Crippen LogP contribution in [0, 0.1) is 25.5 Å². The van der Waals surface area contributed by atoms with Crippen molar-refractivity contribution in [3.8, 4) is 0 Å². The third-order valence-electron chi connectivity index (χ3n) is 5.33. The number of nitrogens with zero attached hydrogens (tertiary/aromatic N) is 3. The Labute approximate surface area is 181 Å². The molecule has 2 heterocycles. The highest BCUT2D eigenvalue weighted by atomic mass is 19.1. The Balaban J connectivity index is 1.92. The average Bonchev–Trinajstić information content (AvgIpc) is 2.72. The van der Waals surface area contributed by atoms with Crippen LogP contribution in [0.4, 0.5) is 20.3 Å². The van der Waals surface area contributed by atoms with Gasteiger partial charge in [0.25, 0.3) is 0 Å². The fourth-order valence-electron chi connectivity index (χ4n) is 3.27. The van der Waals surface area contributed by atoms with E-state index in [2.05, 4.69) is 15.5 Å². The standard InChI is InChI=1S/C23H30F2N4O2/c1-15-5-6-17(13-16(15)2)14-26-28-21-19(24)18(7-8-23(3,4)30)27-22(20(21)25)29-9-11-31-12-10-29/h5-6,13-14,30H,7-12H2,1-4H3,(H,27,28)/b26-14+. The van der Waals surface area contributed by atoms with Gasteiger partial charge in [0, 0.05) is 13.1 Å². The number of ether oxygens (including phenoxy) is 1. The Morgan fingerprint density at radius 1 is 1.19 bits per heavy atom. The second-order valence-corrected chi connectivity index (χ2v) is 8.51. The summed E-state index contributed by atoms with van der Waals surface area (Å²) in [5.74, 6) is -1.51. The Morgan fingerprint density at radius 3 is 2.55 bits per heavy atom. The van der Waals surface area contributed by atoms with Gasteiger partial charge in [0.2, 0.25) is 0 Å². The summed E-state index contributed by atoms with van der Waals surface area (Å²) in [7, 11) is 0. The first-order valence-electron chi connectivity index (χ1n) is 10.4. The molecule has 1 aliphatic rings. The number of aromatic nitrogens is 1. The molecule has 0 atom stereocenters. The number of rotatable bonds is 7. The number of halogens is 2. The molecule has 0 aliphatic carbocycles. The fraction of sp³-hybridized carbons (Fsp3) is 0.478. The number of morpholine rings is 1. The highest BCUT2D eigenvalue weighted by Crippen LogP contribution is 2.30. The summed E-state index contributed by atoms with van der Waals surface area (Å²) in [6.07, 6.45) is 1.98. The Bertz CT molecular complexity index is 952. The van der Waals surface area contributed by atoms with E-state index in [0.29, 0.717) is 26.3 Å². The lowest BCUT2D eigenvalue weighted by Crippen LogP contribution is -2.37. The quantitative estimate of drug-likeness (QED) is 0.512. The topological polar surface area (TPSA) is 70.0 Å². The maximum atomic E-state index is 15.2. The van der Waals surface area contributed by atoms with Crippen molar-refractivity contribution >= 4 is 17.7 Å². The maximum absolute atomic E-state index is 15.2. The minimum Gasteiger partial charge on any atom is -0.390 e. The van der Waals surface area contributed by atoms with Crippen molar-refractivity contribution in [3.63, 3.8) is 0 Å². The number of nitrogens with one attached hydrogen (secondary N) is 1. The summed E-state index contributed by atoms with van der Waals surface area (Å²) in [4.78, 5) is 6.00.